The number of para-hydroxylation sites is 1. The standard InChI is InChI=1S/C26H23N/c1-16-14-17(2)23-20(15-16)22-24(26(23,3)4)19-12-8-9-13-21(19)27-25(22)18-10-6-5-7-11-18/h5-15H,1-4H3. The minimum absolute atomic E-state index is 0.0471. The molecule has 0 unspecified atom stereocenters. The number of aromatic nitrogens is 1. The Hall–Kier alpha value is -2.93. The zero-order valence-corrected chi connectivity index (χ0v) is 16.3. The lowest BCUT2D eigenvalue weighted by atomic mass is 9.78. The summed E-state index contributed by atoms with van der Waals surface area (Å²) >= 11 is 0. The first-order valence-corrected chi connectivity index (χ1v) is 9.59. The van der Waals surface area contributed by atoms with Crippen LogP contribution in [-0.2, 0) is 5.41 Å². The second kappa shape index (κ2) is 5.53. The highest BCUT2D eigenvalue weighted by molar-refractivity contribution is 6.01. The van der Waals surface area contributed by atoms with Gasteiger partial charge >= 0.3 is 0 Å². The number of hydrogen-bond acceptors (Lipinski definition) is 1. The number of nitrogens with zero attached hydrogens (tertiary/aromatic N) is 1. The molecule has 1 aromatic heterocycles. The van der Waals surface area contributed by atoms with Gasteiger partial charge in [-0.25, -0.2) is 4.98 Å². The second-order valence-corrected chi connectivity index (χ2v) is 8.22. The van der Waals surface area contributed by atoms with E-state index in [4.69, 9.17) is 4.98 Å². The third-order valence-corrected chi connectivity index (χ3v) is 5.94. The Morgan fingerprint density at radius 1 is 0.778 bits per heavy atom. The maximum atomic E-state index is 5.14. The van der Waals surface area contributed by atoms with Crippen molar-refractivity contribution >= 4 is 10.9 Å². The highest BCUT2D eigenvalue weighted by atomic mass is 14.7. The first-order valence-electron chi connectivity index (χ1n) is 9.59. The molecule has 1 nitrogen and oxygen atoms in total. The van der Waals surface area contributed by atoms with Crippen molar-refractivity contribution in [1.29, 1.82) is 0 Å². The van der Waals surface area contributed by atoms with E-state index >= 15 is 0 Å². The quantitative estimate of drug-likeness (QED) is 0.367. The van der Waals surface area contributed by atoms with Crippen LogP contribution in [0.3, 0.4) is 0 Å². The lowest BCUT2D eigenvalue weighted by molar-refractivity contribution is 0.661. The lowest BCUT2D eigenvalue weighted by Gasteiger charge is -2.25. The molecule has 0 saturated carbocycles. The van der Waals surface area contributed by atoms with Crippen LogP contribution in [0.15, 0.2) is 66.7 Å². The van der Waals surface area contributed by atoms with Gasteiger partial charge in [0.2, 0.25) is 0 Å². The molecule has 4 aromatic rings. The van der Waals surface area contributed by atoms with Gasteiger partial charge in [-0.15, -0.1) is 0 Å². The molecule has 5 rings (SSSR count). The molecule has 0 atom stereocenters. The van der Waals surface area contributed by atoms with Gasteiger partial charge in [-0.05, 0) is 42.2 Å². The van der Waals surface area contributed by atoms with Crippen LogP contribution in [-0.4, -0.2) is 4.98 Å². The third-order valence-electron chi connectivity index (χ3n) is 5.94. The zero-order valence-electron chi connectivity index (χ0n) is 16.3. The van der Waals surface area contributed by atoms with E-state index in [1.165, 1.54) is 44.3 Å². The van der Waals surface area contributed by atoms with E-state index in [0.29, 0.717) is 0 Å². The largest absolute Gasteiger partial charge is 0.247 e. The first-order chi connectivity index (χ1) is 13.0. The Kier molecular flexibility index (Phi) is 3.33. The van der Waals surface area contributed by atoms with Gasteiger partial charge < -0.3 is 0 Å². The summed E-state index contributed by atoms with van der Waals surface area (Å²) in [5.41, 5.74) is 11.5. The van der Waals surface area contributed by atoms with Gasteiger partial charge in [0.25, 0.3) is 0 Å². The predicted molar refractivity (Wildman–Crippen MR) is 114 cm³/mol. The number of rotatable bonds is 1. The van der Waals surface area contributed by atoms with Crippen molar-refractivity contribution in [2.45, 2.75) is 33.1 Å². The summed E-state index contributed by atoms with van der Waals surface area (Å²) < 4.78 is 0. The van der Waals surface area contributed by atoms with E-state index in [0.717, 1.165) is 11.2 Å². The van der Waals surface area contributed by atoms with E-state index in [1.54, 1.807) is 0 Å². The molecule has 132 valence electrons. The Morgan fingerprint density at radius 3 is 2.26 bits per heavy atom. The number of hydrogen-bond donors (Lipinski definition) is 0. The Labute approximate surface area is 160 Å². The van der Waals surface area contributed by atoms with E-state index in [1.807, 2.05) is 0 Å². The highest BCUT2D eigenvalue weighted by Crippen LogP contribution is 2.55. The van der Waals surface area contributed by atoms with Crippen molar-refractivity contribution in [2.24, 2.45) is 0 Å². The summed E-state index contributed by atoms with van der Waals surface area (Å²) in [6, 6.07) is 23.8. The maximum absolute atomic E-state index is 5.14. The molecule has 1 heteroatoms. The molecule has 0 bridgehead atoms. The lowest BCUT2D eigenvalue weighted by Crippen LogP contribution is -2.17. The number of benzene rings is 3. The molecule has 3 aromatic carbocycles. The molecule has 0 aliphatic heterocycles. The van der Waals surface area contributed by atoms with Gasteiger partial charge in [-0.2, -0.15) is 0 Å². The number of fused-ring (bicyclic) bond motifs is 5. The van der Waals surface area contributed by atoms with E-state index in [-0.39, 0.29) is 5.41 Å². The van der Waals surface area contributed by atoms with Crippen LogP contribution in [0.4, 0.5) is 0 Å². The fraction of sp³-hybridized carbons (Fsp3) is 0.192. The molecular weight excluding hydrogens is 326 g/mol. The number of aryl methyl sites for hydroxylation is 2. The Morgan fingerprint density at radius 2 is 1.48 bits per heavy atom. The van der Waals surface area contributed by atoms with Crippen molar-refractivity contribution in [3.63, 3.8) is 0 Å². The van der Waals surface area contributed by atoms with Gasteiger partial charge in [0.15, 0.2) is 0 Å². The van der Waals surface area contributed by atoms with Crippen LogP contribution in [0.25, 0.3) is 33.3 Å². The average molecular weight is 349 g/mol. The summed E-state index contributed by atoms with van der Waals surface area (Å²) in [4.78, 5) is 5.14. The smallest absolute Gasteiger partial charge is 0.0791 e. The van der Waals surface area contributed by atoms with Crippen molar-refractivity contribution in [2.75, 3.05) is 0 Å². The fourth-order valence-corrected chi connectivity index (χ4v) is 5.05. The molecule has 0 radical (unpaired) electrons. The second-order valence-electron chi connectivity index (χ2n) is 8.22. The summed E-state index contributed by atoms with van der Waals surface area (Å²) in [5.74, 6) is 0. The number of pyridine rings is 1. The maximum Gasteiger partial charge on any atom is 0.0791 e. The third kappa shape index (κ3) is 2.21. The summed E-state index contributed by atoms with van der Waals surface area (Å²) in [6.07, 6.45) is 0. The minimum Gasteiger partial charge on any atom is -0.247 e. The van der Waals surface area contributed by atoms with Gasteiger partial charge in [0.05, 0.1) is 11.2 Å². The molecule has 0 N–H and O–H groups in total. The monoisotopic (exact) mass is 349 g/mol. The van der Waals surface area contributed by atoms with Gasteiger partial charge in [-0.1, -0.05) is 80.1 Å². The van der Waals surface area contributed by atoms with E-state index in [9.17, 15) is 0 Å². The Balaban J connectivity index is 2.01. The summed E-state index contributed by atoms with van der Waals surface area (Å²) in [6.45, 7) is 9.16. The normalized spacial score (nSPS) is 14.2. The van der Waals surface area contributed by atoms with Crippen molar-refractivity contribution in [3.8, 4) is 22.4 Å². The average Bonchev–Trinajstić information content (AvgIpc) is 2.89. The fourth-order valence-electron chi connectivity index (χ4n) is 5.05. The highest BCUT2D eigenvalue weighted by Gasteiger charge is 2.40. The summed E-state index contributed by atoms with van der Waals surface area (Å²) in [7, 11) is 0. The van der Waals surface area contributed by atoms with Crippen LogP contribution in [0, 0.1) is 13.8 Å². The molecule has 1 aliphatic rings. The van der Waals surface area contributed by atoms with Crippen LogP contribution in [0.2, 0.25) is 0 Å². The molecule has 0 amide bonds. The first kappa shape index (κ1) is 16.3. The molecule has 1 aliphatic carbocycles. The molecule has 0 spiro atoms. The van der Waals surface area contributed by atoms with E-state index in [2.05, 4.69) is 94.4 Å². The molecule has 1 heterocycles. The van der Waals surface area contributed by atoms with Crippen LogP contribution < -0.4 is 0 Å². The van der Waals surface area contributed by atoms with Crippen molar-refractivity contribution in [3.05, 3.63) is 89.0 Å². The van der Waals surface area contributed by atoms with Crippen LogP contribution in [0.1, 0.15) is 36.1 Å². The predicted octanol–water partition coefficient (Wildman–Crippen LogP) is 6.82. The molecular formula is C26H23N. The Bertz CT molecular complexity index is 1200. The minimum atomic E-state index is -0.0471. The summed E-state index contributed by atoms with van der Waals surface area (Å²) in [5, 5.41) is 1.27. The van der Waals surface area contributed by atoms with Crippen molar-refractivity contribution < 1.29 is 0 Å². The van der Waals surface area contributed by atoms with Crippen LogP contribution >= 0.6 is 0 Å². The van der Waals surface area contributed by atoms with Gasteiger partial charge in [0, 0.05) is 21.9 Å². The molecule has 27 heavy (non-hydrogen) atoms. The molecule has 0 fully saturated rings. The molecule has 0 saturated heterocycles. The van der Waals surface area contributed by atoms with Gasteiger partial charge in [-0.3, -0.25) is 0 Å². The topological polar surface area (TPSA) is 12.9 Å². The van der Waals surface area contributed by atoms with Gasteiger partial charge in [0.1, 0.15) is 0 Å². The van der Waals surface area contributed by atoms with Crippen LogP contribution in [0.5, 0.6) is 0 Å². The SMILES string of the molecule is Cc1cc(C)c2c(c1)-c1c(-c3ccccc3)nc3ccccc3c1C2(C)C. The zero-order chi connectivity index (χ0) is 18.8. The van der Waals surface area contributed by atoms with Crippen molar-refractivity contribution in [1.82, 2.24) is 4.98 Å². The van der Waals surface area contributed by atoms with E-state index < -0.39 is 0 Å².